The van der Waals surface area contributed by atoms with Crippen molar-refractivity contribution in [1.82, 2.24) is 5.32 Å². The molecule has 302 valence electrons. The Hall–Kier alpha value is -5.41. The second kappa shape index (κ2) is 17.2. The zero-order valence-corrected chi connectivity index (χ0v) is 33.3. The van der Waals surface area contributed by atoms with Crippen molar-refractivity contribution in [1.29, 1.82) is 0 Å². The first-order chi connectivity index (χ1) is 26.1. The summed E-state index contributed by atoms with van der Waals surface area (Å²) in [4.78, 5) is 92.2. The largest absolute Gasteiger partial charge is 0.462 e. The molecular weight excluding hydrogens is 730 g/mol. The van der Waals surface area contributed by atoms with Gasteiger partial charge in [0.2, 0.25) is 5.78 Å². The zero-order chi connectivity index (χ0) is 42.0. The third kappa shape index (κ3) is 8.68. The molecule has 9 atom stereocenters. The number of methoxy groups -OCH3 is 1. The van der Waals surface area contributed by atoms with E-state index in [1.807, 2.05) is 0 Å². The highest BCUT2D eigenvalue weighted by molar-refractivity contribution is 6.31. The number of ketones is 3. The SMILES string of the molecule is CO[C@H]1/C=C/O[C@@]2(C)Oc3c(C)c(OC(C)=O)c4c(c3C2=O)C(=O)C=C(NC(=O)/C(C)=C\C=C\[C@H](C)[C@H](OC(C)=O)[C@@H](C)[C@@H](O)[C@@H](C)[C@H](OC(C)=O)[C@@H]1C)C4=O. The van der Waals surface area contributed by atoms with Crippen LogP contribution in [0.3, 0.4) is 0 Å². The van der Waals surface area contributed by atoms with Gasteiger partial charge in [0.05, 0.1) is 40.9 Å². The molecule has 0 unspecified atom stereocenters. The van der Waals surface area contributed by atoms with Crippen molar-refractivity contribution in [3.8, 4) is 11.5 Å². The summed E-state index contributed by atoms with van der Waals surface area (Å²) in [7, 11) is 1.41. The normalized spacial score (nSPS) is 31.8. The predicted octanol–water partition coefficient (Wildman–Crippen LogP) is 4.42. The number of aliphatic hydroxyl groups is 1. The van der Waals surface area contributed by atoms with Crippen LogP contribution in [0.15, 0.2) is 47.9 Å². The van der Waals surface area contributed by atoms with E-state index in [1.165, 1.54) is 53.9 Å². The highest BCUT2D eigenvalue weighted by Crippen LogP contribution is 2.48. The average Bonchev–Trinajstić information content (AvgIpc) is 3.38. The molecule has 15 heteroatoms. The molecule has 0 saturated heterocycles. The number of allylic oxidation sites excluding steroid dienone is 4. The summed E-state index contributed by atoms with van der Waals surface area (Å²) < 4.78 is 34.5. The van der Waals surface area contributed by atoms with E-state index in [1.54, 1.807) is 39.8 Å². The molecule has 3 aliphatic heterocycles. The maximum Gasteiger partial charge on any atom is 0.312 e. The van der Waals surface area contributed by atoms with Crippen molar-refractivity contribution >= 4 is 41.2 Å². The molecular formula is C41H49NO14. The first-order valence-electron chi connectivity index (χ1n) is 18.1. The molecule has 56 heavy (non-hydrogen) atoms. The van der Waals surface area contributed by atoms with E-state index >= 15 is 0 Å². The summed E-state index contributed by atoms with van der Waals surface area (Å²) in [5, 5.41) is 14.2. The molecule has 5 rings (SSSR count). The Morgan fingerprint density at radius 1 is 0.839 bits per heavy atom. The number of fused-ring (bicyclic) bond motifs is 14. The number of hydrogen-bond donors (Lipinski definition) is 2. The number of benzene rings is 1. The lowest BCUT2D eigenvalue weighted by Crippen LogP contribution is -2.47. The Balaban J connectivity index is 1.90. The van der Waals surface area contributed by atoms with Crippen LogP contribution in [0, 0.1) is 30.6 Å². The minimum Gasteiger partial charge on any atom is -0.462 e. The molecule has 0 saturated carbocycles. The number of carbonyl (C=O) groups excluding carboxylic acids is 7. The second-order valence-electron chi connectivity index (χ2n) is 14.5. The number of amides is 1. The van der Waals surface area contributed by atoms with E-state index < -0.39 is 106 Å². The number of esters is 3. The Bertz CT molecular complexity index is 1960. The van der Waals surface area contributed by atoms with Gasteiger partial charge in [-0.15, -0.1) is 0 Å². The molecule has 2 N–H and O–H groups in total. The van der Waals surface area contributed by atoms with Crippen LogP contribution in [0.25, 0.3) is 0 Å². The fraction of sp³-hybridized carbons (Fsp3) is 0.488. The topological polar surface area (TPSA) is 207 Å². The molecule has 0 fully saturated rings. The van der Waals surface area contributed by atoms with Gasteiger partial charge < -0.3 is 38.8 Å². The number of hydrogen-bond acceptors (Lipinski definition) is 14. The molecule has 1 aromatic rings. The summed E-state index contributed by atoms with van der Waals surface area (Å²) in [5.74, 6) is -10.5. The van der Waals surface area contributed by atoms with Gasteiger partial charge in [-0.05, 0) is 19.9 Å². The summed E-state index contributed by atoms with van der Waals surface area (Å²) >= 11 is 0. The highest BCUT2D eigenvalue weighted by atomic mass is 16.7. The molecule has 15 nitrogen and oxygen atoms in total. The van der Waals surface area contributed by atoms with Crippen molar-refractivity contribution in [3.05, 3.63) is 70.2 Å². The summed E-state index contributed by atoms with van der Waals surface area (Å²) in [6.45, 7) is 14.7. The summed E-state index contributed by atoms with van der Waals surface area (Å²) in [6, 6.07) is 0. The van der Waals surface area contributed by atoms with Gasteiger partial charge in [0.25, 0.3) is 11.7 Å². The van der Waals surface area contributed by atoms with Crippen LogP contribution in [0.2, 0.25) is 0 Å². The van der Waals surface area contributed by atoms with E-state index in [9.17, 15) is 38.7 Å². The summed E-state index contributed by atoms with van der Waals surface area (Å²) in [6.07, 6.45) is 4.32. The third-order valence-electron chi connectivity index (χ3n) is 10.3. The van der Waals surface area contributed by atoms with E-state index in [0.717, 1.165) is 19.3 Å². The number of carbonyl (C=O) groups is 7. The molecule has 0 radical (unpaired) electrons. The van der Waals surface area contributed by atoms with Gasteiger partial charge in [-0.25, -0.2) is 0 Å². The molecule has 1 amide bonds. The first kappa shape index (κ1) is 43.3. The van der Waals surface area contributed by atoms with Crippen molar-refractivity contribution in [2.75, 3.05) is 7.11 Å². The Labute approximate surface area is 325 Å². The molecule has 0 aromatic heterocycles. The number of aliphatic hydroxyl groups excluding tert-OH is 1. The number of rotatable bonds is 4. The van der Waals surface area contributed by atoms with Crippen LogP contribution in [-0.4, -0.2) is 83.6 Å². The Morgan fingerprint density at radius 3 is 2.04 bits per heavy atom. The van der Waals surface area contributed by atoms with Crippen LogP contribution < -0.4 is 14.8 Å². The average molecular weight is 780 g/mol. The summed E-state index contributed by atoms with van der Waals surface area (Å²) in [5.41, 5.74) is -1.33. The van der Waals surface area contributed by atoms with Crippen LogP contribution in [-0.2, 0) is 38.1 Å². The minimum atomic E-state index is -2.09. The molecule has 5 bridgehead atoms. The van der Waals surface area contributed by atoms with Crippen LogP contribution in [0.1, 0.15) is 99.0 Å². The number of ether oxygens (including phenoxy) is 6. The Morgan fingerprint density at radius 2 is 1.45 bits per heavy atom. The van der Waals surface area contributed by atoms with E-state index in [2.05, 4.69) is 5.32 Å². The third-order valence-corrected chi connectivity index (χ3v) is 10.3. The van der Waals surface area contributed by atoms with Gasteiger partial charge in [0.1, 0.15) is 23.7 Å². The van der Waals surface area contributed by atoms with Gasteiger partial charge in [-0.2, -0.15) is 0 Å². The molecule has 1 aromatic carbocycles. The van der Waals surface area contributed by atoms with Crippen LogP contribution >= 0.6 is 0 Å². The predicted molar refractivity (Wildman–Crippen MR) is 198 cm³/mol. The first-order valence-corrected chi connectivity index (χ1v) is 18.1. The maximum atomic E-state index is 14.1. The fourth-order valence-electron chi connectivity index (χ4n) is 7.27. The van der Waals surface area contributed by atoms with Crippen molar-refractivity contribution in [2.45, 2.75) is 99.4 Å². The van der Waals surface area contributed by atoms with E-state index in [4.69, 9.17) is 28.4 Å². The van der Waals surface area contributed by atoms with Gasteiger partial charge in [0.15, 0.2) is 5.78 Å². The minimum absolute atomic E-state index is 0.0506. The second-order valence-corrected chi connectivity index (χ2v) is 14.5. The van der Waals surface area contributed by atoms with Crippen molar-refractivity contribution < 1.29 is 67.1 Å². The highest BCUT2D eigenvalue weighted by Gasteiger charge is 2.52. The smallest absolute Gasteiger partial charge is 0.312 e. The lowest BCUT2D eigenvalue weighted by Gasteiger charge is -2.38. The van der Waals surface area contributed by atoms with E-state index in [0.29, 0.717) is 0 Å². The number of nitrogens with one attached hydrogen (secondary N) is 1. The van der Waals surface area contributed by atoms with E-state index in [-0.39, 0.29) is 33.8 Å². The monoisotopic (exact) mass is 779 g/mol. The molecule has 1 aliphatic carbocycles. The Kier molecular flexibility index (Phi) is 13.3. The fourth-order valence-corrected chi connectivity index (χ4v) is 7.27. The van der Waals surface area contributed by atoms with Crippen LogP contribution in [0.5, 0.6) is 11.5 Å². The number of Topliss-reactive ketones (excluding diaryl/α,β-unsaturated/α-hetero) is 2. The van der Waals surface area contributed by atoms with Gasteiger partial charge in [-0.3, -0.25) is 33.6 Å². The van der Waals surface area contributed by atoms with Gasteiger partial charge in [-0.1, -0.05) is 45.9 Å². The van der Waals surface area contributed by atoms with Gasteiger partial charge >= 0.3 is 23.7 Å². The van der Waals surface area contributed by atoms with Gasteiger partial charge in [0, 0.05) is 75.7 Å². The van der Waals surface area contributed by atoms with Crippen molar-refractivity contribution in [2.24, 2.45) is 23.7 Å². The maximum absolute atomic E-state index is 14.1. The standard InChI is InChI=1S/C41H49NO14/c1-18-13-12-14-19(2)40(50)42-27-17-28(46)30-31(34(27)48)37(55-26(9)45)23(6)38-32(30)39(49)41(10,56-38)52-16-15-29(51-11)20(3)36(54-25(8)44)22(5)33(47)21(4)35(18)53-24(7)43/h12-18,20-22,29,33,35-36,47H,1-11H3,(H,42,50)/b13-12+,16-15+,19-14-/t18-,20+,21-,22+,29-,33+,35-,36+,41-/m0/s1. The molecule has 0 spiro atoms. The lowest BCUT2D eigenvalue weighted by molar-refractivity contribution is -0.164. The zero-order valence-electron chi connectivity index (χ0n) is 33.3. The van der Waals surface area contributed by atoms with Crippen molar-refractivity contribution in [3.63, 3.8) is 0 Å². The van der Waals surface area contributed by atoms with Crippen LogP contribution in [0.4, 0.5) is 0 Å². The quantitative estimate of drug-likeness (QED) is 0.321. The molecule has 4 aliphatic rings. The molecule has 3 heterocycles. The lowest BCUT2D eigenvalue weighted by atomic mass is 9.78.